The summed E-state index contributed by atoms with van der Waals surface area (Å²) in [6, 6.07) is 12.6. The molecule has 0 radical (unpaired) electrons. The van der Waals surface area contributed by atoms with Crippen LogP contribution in [0, 0.1) is 13.8 Å². The van der Waals surface area contributed by atoms with Gasteiger partial charge in [-0.05, 0) is 91.9 Å². The lowest BCUT2D eigenvalue weighted by Gasteiger charge is -2.28. The Balaban J connectivity index is 1.62. The minimum absolute atomic E-state index is 0.0553. The molecule has 0 fully saturated rings. The Morgan fingerprint density at radius 2 is 1.75 bits per heavy atom. The van der Waals surface area contributed by atoms with Gasteiger partial charge >= 0.3 is 6.09 Å². The van der Waals surface area contributed by atoms with E-state index >= 15 is 0 Å². The molecular weight excluding hydrogens is 582 g/mol. The summed E-state index contributed by atoms with van der Waals surface area (Å²) in [5, 5.41) is 5.66. The van der Waals surface area contributed by atoms with Crippen LogP contribution in [-0.2, 0) is 32.3 Å². The summed E-state index contributed by atoms with van der Waals surface area (Å²) in [4.78, 5) is 47.6. The van der Waals surface area contributed by atoms with E-state index in [1.54, 1.807) is 45.2 Å². The lowest BCUT2D eigenvalue weighted by molar-refractivity contribution is -0.131. The Morgan fingerprint density at radius 3 is 2.45 bits per heavy atom. The predicted molar refractivity (Wildman–Crippen MR) is 169 cm³/mol. The van der Waals surface area contributed by atoms with Crippen molar-refractivity contribution < 1.29 is 22.7 Å². The number of carbonyl (C=O) groups is 2. The number of anilines is 2. The molecule has 3 aromatic carbocycles. The third kappa shape index (κ3) is 6.16. The molecule has 3 N–H and O–H groups in total. The summed E-state index contributed by atoms with van der Waals surface area (Å²) in [5.74, 6) is -0.325. The van der Waals surface area contributed by atoms with Gasteiger partial charge < -0.3 is 19.9 Å². The molecule has 11 nitrogen and oxygen atoms in total. The number of aryl methyl sites for hydroxylation is 2. The molecule has 2 aliphatic heterocycles. The van der Waals surface area contributed by atoms with Crippen molar-refractivity contribution in [3.05, 3.63) is 93.0 Å². The zero-order chi connectivity index (χ0) is 31.8. The summed E-state index contributed by atoms with van der Waals surface area (Å²) in [6.07, 6.45) is 1.14. The van der Waals surface area contributed by atoms with Gasteiger partial charge in [0.2, 0.25) is 5.91 Å². The van der Waals surface area contributed by atoms with Gasteiger partial charge in [0.15, 0.2) is 9.84 Å². The highest BCUT2D eigenvalue weighted by molar-refractivity contribution is 7.92. The highest BCUT2D eigenvalue weighted by atomic mass is 32.2. The Bertz CT molecular complexity index is 1910. The first-order valence-electron chi connectivity index (χ1n) is 14.2. The highest BCUT2D eigenvalue weighted by Gasteiger charge is 2.29. The summed E-state index contributed by atoms with van der Waals surface area (Å²) in [7, 11) is -2.12. The zero-order valence-electron chi connectivity index (χ0n) is 25.2. The number of nitrogens with zero attached hydrogens (tertiary/aromatic N) is 2. The van der Waals surface area contributed by atoms with Crippen LogP contribution in [0.2, 0.25) is 0 Å². The average molecular weight is 618 g/mol. The maximum absolute atomic E-state index is 14.3. The van der Waals surface area contributed by atoms with Gasteiger partial charge in [-0.3, -0.25) is 14.9 Å². The molecule has 3 heterocycles. The van der Waals surface area contributed by atoms with Crippen LogP contribution in [0.15, 0.2) is 64.5 Å². The maximum atomic E-state index is 14.3. The van der Waals surface area contributed by atoms with E-state index in [1.165, 1.54) is 23.4 Å². The smallest absolute Gasteiger partial charge is 0.411 e. The van der Waals surface area contributed by atoms with E-state index in [0.717, 1.165) is 16.7 Å². The lowest BCUT2D eigenvalue weighted by atomic mass is 9.93. The number of sulfone groups is 1. The molecule has 2 aliphatic rings. The number of benzene rings is 3. The Kier molecular flexibility index (Phi) is 8.46. The number of aromatic amines is 1. The van der Waals surface area contributed by atoms with Crippen LogP contribution in [-0.4, -0.2) is 54.2 Å². The monoisotopic (exact) mass is 617 g/mol. The number of H-pyrrole nitrogens is 1. The van der Waals surface area contributed by atoms with Gasteiger partial charge in [-0.1, -0.05) is 12.1 Å². The molecule has 0 aliphatic carbocycles. The van der Waals surface area contributed by atoms with Crippen LogP contribution in [0.4, 0.5) is 16.2 Å². The van der Waals surface area contributed by atoms with Gasteiger partial charge in [0.25, 0.3) is 5.56 Å². The van der Waals surface area contributed by atoms with Crippen molar-refractivity contribution in [1.29, 1.82) is 0 Å². The van der Waals surface area contributed by atoms with Gasteiger partial charge in [-0.2, -0.15) is 0 Å². The van der Waals surface area contributed by atoms with Crippen LogP contribution in [0.3, 0.4) is 0 Å². The first kappa shape index (κ1) is 30.7. The molecule has 230 valence electrons. The lowest BCUT2D eigenvalue weighted by Crippen LogP contribution is -2.35. The van der Waals surface area contributed by atoms with Gasteiger partial charge in [-0.25, -0.2) is 18.2 Å². The predicted octanol–water partition coefficient (Wildman–Crippen LogP) is 4.64. The summed E-state index contributed by atoms with van der Waals surface area (Å²) < 4.78 is 32.0. The van der Waals surface area contributed by atoms with Crippen molar-refractivity contribution in [1.82, 2.24) is 14.9 Å². The molecule has 0 saturated carbocycles. The second-order valence-electron chi connectivity index (χ2n) is 11.3. The number of aromatic nitrogens is 2. The number of likely N-dealkylation sites (N-methyl/N-ethyl adjacent to an activating group) is 1. The topological polar surface area (TPSA) is 151 Å². The quantitative estimate of drug-likeness (QED) is 0.300. The first-order chi connectivity index (χ1) is 20.8. The van der Waals surface area contributed by atoms with E-state index in [2.05, 4.69) is 20.6 Å². The number of amides is 2. The highest BCUT2D eigenvalue weighted by Crippen LogP contribution is 2.30. The summed E-state index contributed by atoms with van der Waals surface area (Å²) in [5.41, 5.74) is 5.00. The molecule has 4 bridgehead atoms. The van der Waals surface area contributed by atoms with E-state index in [9.17, 15) is 22.8 Å². The molecule has 1 unspecified atom stereocenters. The number of nitrogens with one attached hydrogen (secondary N) is 3. The zero-order valence-corrected chi connectivity index (χ0v) is 26.0. The number of hydrogen-bond acceptors (Lipinski definition) is 8. The fourth-order valence-electron chi connectivity index (χ4n) is 5.47. The molecule has 1 aromatic heterocycles. The van der Waals surface area contributed by atoms with Gasteiger partial charge in [0.1, 0.15) is 6.04 Å². The molecule has 0 spiro atoms. The normalized spacial score (nSPS) is 16.2. The van der Waals surface area contributed by atoms with Gasteiger partial charge in [0, 0.05) is 31.4 Å². The fraction of sp³-hybridized carbons (Fsp3) is 0.312. The molecular formula is C32H35N5O6S. The third-order valence-corrected chi connectivity index (χ3v) is 10.1. The maximum Gasteiger partial charge on any atom is 0.411 e. The molecule has 12 heteroatoms. The molecule has 4 aromatic rings. The van der Waals surface area contributed by atoms with E-state index in [0.29, 0.717) is 39.8 Å². The van der Waals surface area contributed by atoms with Crippen molar-refractivity contribution in [3.8, 4) is 0 Å². The number of carbonyl (C=O) groups excluding carboxylic acids is 2. The van der Waals surface area contributed by atoms with Crippen LogP contribution < -0.4 is 16.2 Å². The summed E-state index contributed by atoms with van der Waals surface area (Å²) >= 11 is 0. The SMILES string of the molecule is Cc1cc2cc(C)c1CCOC(=O)Nc1ccc(S(=O)(=O)C(C)C)c(c1)CN(C)C(=O)C2Nc1ccc2nc[nH]c(=O)c2c1. The van der Waals surface area contributed by atoms with Crippen molar-refractivity contribution in [2.24, 2.45) is 0 Å². The number of rotatable bonds is 4. The number of ether oxygens (including phenoxy) is 1. The summed E-state index contributed by atoms with van der Waals surface area (Å²) in [6.45, 7) is 7.14. The van der Waals surface area contributed by atoms with E-state index in [1.807, 2.05) is 26.0 Å². The van der Waals surface area contributed by atoms with Crippen molar-refractivity contribution >= 4 is 44.1 Å². The Hall–Kier alpha value is -4.71. The van der Waals surface area contributed by atoms with Crippen molar-refractivity contribution in [3.63, 3.8) is 0 Å². The van der Waals surface area contributed by atoms with Crippen LogP contribution in [0.5, 0.6) is 0 Å². The molecule has 0 saturated heterocycles. The van der Waals surface area contributed by atoms with Crippen LogP contribution in [0.25, 0.3) is 10.9 Å². The van der Waals surface area contributed by atoms with E-state index < -0.39 is 27.2 Å². The molecule has 6 rings (SSSR count). The fourth-order valence-corrected chi connectivity index (χ4v) is 6.72. The average Bonchev–Trinajstić information content (AvgIpc) is 2.96. The van der Waals surface area contributed by atoms with Gasteiger partial charge in [-0.15, -0.1) is 0 Å². The molecule has 1 atom stereocenters. The minimum Gasteiger partial charge on any atom is -0.449 e. The van der Waals surface area contributed by atoms with Gasteiger partial charge in [0.05, 0.1) is 34.0 Å². The largest absolute Gasteiger partial charge is 0.449 e. The van der Waals surface area contributed by atoms with Crippen LogP contribution in [0.1, 0.15) is 47.7 Å². The van der Waals surface area contributed by atoms with Crippen molar-refractivity contribution in [2.75, 3.05) is 24.3 Å². The Labute approximate surface area is 255 Å². The standard InChI is InChI=1S/C32H35N5O6S/c1-18(2)44(41,42)28-9-7-23-14-22(28)16-37(5)31(39)29(35-24-6-8-27-26(15-24)30(38)34-17-33-27)21-12-19(3)25(20(4)13-21)10-11-43-32(40)36-23/h6-9,12-15,17-18,29,35H,10-11,16H2,1-5H3,(H,36,40)(H,33,34,38). The molecule has 44 heavy (non-hydrogen) atoms. The second kappa shape index (κ2) is 12.1. The third-order valence-electron chi connectivity index (χ3n) is 7.85. The molecule has 2 amide bonds. The Morgan fingerprint density at radius 1 is 1.02 bits per heavy atom. The number of fused-ring (bicyclic) bond motifs is 10. The first-order valence-corrected chi connectivity index (χ1v) is 15.8. The van der Waals surface area contributed by atoms with Crippen LogP contribution >= 0.6 is 0 Å². The second-order valence-corrected chi connectivity index (χ2v) is 13.8. The number of hydrogen-bond donors (Lipinski definition) is 3. The van der Waals surface area contributed by atoms with E-state index in [-0.39, 0.29) is 29.5 Å². The van der Waals surface area contributed by atoms with Crippen molar-refractivity contribution in [2.45, 2.75) is 56.8 Å². The minimum atomic E-state index is -3.72. The van der Waals surface area contributed by atoms with E-state index in [4.69, 9.17) is 4.74 Å².